The van der Waals surface area contributed by atoms with Crippen molar-refractivity contribution in [3.8, 4) is 0 Å². The molecule has 0 spiro atoms. The summed E-state index contributed by atoms with van der Waals surface area (Å²) in [5, 5.41) is 13.8. The molecule has 130 valence electrons. The fourth-order valence-corrected chi connectivity index (χ4v) is 3.44. The minimum Gasteiger partial charge on any atom is -0.379 e. The molecule has 0 aliphatic carbocycles. The van der Waals surface area contributed by atoms with E-state index in [1.807, 2.05) is 18.2 Å². The van der Waals surface area contributed by atoms with Gasteiger partial charge in [0.2, 0.25) is 0 Å². The van der Waals surface area contributed by atoms with E-state index in [9.17, 15) is 5.11 Å². The number of fused-ring (bicyclic) bond motifs is 1. The highest BCUT2D eigenvalue weighted by atomic mass is 16.3. The molecule has 1 aromatic heterocycles. The minimum absolute atomic E-state index is 0.260. The van der Waals surface area contributed by atoms with Gasteiger partial charge >= 0.3 is 0 Å². The highest BCUT2D eigenvalue weighted by Crippen LogP contribution is 2.32. The minimum atomic E-state index is -0.687. The molecule has 1 fully saturated rings. The first-order valence-corrected chi connectivity index (χ1v) is 8.57. The van der Waals surface area contributed by atoms with Crippen molar-refractivity contribution in [2.24, 2.45) is 11.5 Å². The van der Waals surface area contributed by atoms with Gasteiger partial charge < -0.3 is 21.5 Å². The molecule has 6 nitrogen and oxygen atoms in total. The molecule has 0 saturated carbocycles. The first-order valence-electron chi connectivity index (χ1n) is 8.57. The summed E-state index contributed by atoms with van der Waals surface area (Å²) in [4.78, 5) is 7.16. The Hall–Kier alpha value is -1.73. The quantitative estimate of drug-likeness (QED) is 0.632. The summed E-state index contributed by atoms with van der Waals surface area (Å²) >= 11 is 0. The van der Waals surface area contributed by atoms with Crippen molar-refractivity contribution in [3.05, 3.63) is 35.4 Å². The summed E-state index contributed by atoms with van der Waals surface area (Å²) in [6.07, 6.45) is 0.735. The fraction of sp³-hybridized carbons (Fsp3) is 0.500. The van der Waals surface area contributed by atoms with Crippen molar-refractivity contribution in [3.63, 3.8) is 0 Å². The number of rotatable bonds is 4. The Kier molecular flexibility index (Phi) is 5.01. The van der Waals surface area contributed by atoms with Crippen LogP contribution in [-0.4, -0.2) is 35.4 Å². The zero-order valence-corrected chi connectivity index (χ0v) is 14.4. The summed E-state index contributed by atoms with van der Waals surface area (Å²) in [6, 6.07) is 8.35. The van der Waals surface area contributed by atoms with Gasteiger partial charge in [-0.15, -0.1) is 0 Å². The predicted octanol–water partition coefficient (Wildman–Crippen LogP) is 1.36. The number of aryl methyl sites for hydroxylation is 1. The van der Waals surface area contributed by atoms with Gasteiger partial charge in [-0.25, -0.2) is 4.98 Å². The summed E-state index contributed by atoms with van der Waals surface area (Å²) in [7, 11) is 0. The van der Waals surface area contributed by atoms with Gasteiger partial charge in [-0.3, -0.25) is 5.32 Å². The van der Waals surface area contributed by atoms with Gasteiger partial charge in [0, 0.05) is 30.1 Å². The van der Waals surface area contributed by atoms with Gasteiger partial charge in [-0.2, -0.15) is 0 Å². The van der Waals surface area contributed by atoms with Crippen LogP contribution in [0.25, 0.3) is 10.9 Å². The lowest BCUT2D eigenvalue weighted by Crippen LogP contribution is -2.42. The van der Waals surface area contributed by atoms with E-state index >= 15 is 0 Å². The monoisotopic (exact) mass is 329 g/mol. The smallest absolute Gasteiger partial charge is 0.135 e. The van der Waals surface area contributed by atoms with Gasteiger partial charge in [-0.1, -0.05) is 18.2 Å². The number of aromatic nitrogens is 1. The molecule has 1 saturated heterocycles. The largest absolute Gasteiger partial charge is 0.379 e. The molecule has 1 aromatic carbocycles. The summed E-state index contributed by atoms with van der Waals surface area (Å²) in [6.45, 7) is 5.49. The number of hydrogen-bond acceptors (Lipinski definition) is 6. The second kappa shape index (κ2) is 7.03. The number of piperidine rings is 1. The SMILES string of the molecule is Cc1c(C(N)NC(C)O)c(N2CCC(N)CC2)nc2ccccc12. The number of aliphatic hydroxyl groups is 1. The molecule has 3 rings (SSSR count). The summed E-state index contributed by atoms with van der Waals surface area (Å²) in [5.74, 6) is 0.902. The van der Waals surface area contributed by atoms with E-state index in [2.05, 4.69) is 23.2 Å². The topological polar surface area (TPSA) is 100 Å². The number of nitrogens with zero attached hydrogens (tertiary/aromatic N) is 2. The van der Waals surface area contributed by atoms with Crippen molar-refractivity contribution in [2.45, 2.75) is 45.1 Å². The van der Waals surface area contributed by atoms with E-state index in [1.54, 1.807) is 6.92 Å². The van der Waals surface area contributed by atoms with E-state index in [1.165, 1.54) is 0 Å². The number of pyridine rings is 1. The Labute approximate surface area is 142 Å². The van der Waals surface area contributed by atoms with Gasteiger partial charge in [-0.05, 0) is 38.3 Å². The first-order chi connectivity index (χ1) is 11.5. The number of benzene rings is 1. The van der Waals surface area contributed by atoms with Crippen LogP contribution in [0.1, 0.15) is 37.1 Å². The van der Waals surface area contributed by atoms with E-state index in [0.717, 1.165) is 53.8 Å². The van der Waals surface area contributed by atoms with E-state index < -0.39 is 12.4 Å². The summed E-state index contributed by atoms with van der Waals surface area (Å²) < 4.78 is 0. The lowest BCUT2D eigenvalue weighted by atomic mass is 9.99. The zero-order chi connectivity index (χ0) is 17.3. The van der Waals surface area contributed by atoms with Gasteiger partial charge in [0.1, 0.15) is 12.0 Å². The molecule has 2 unspecified atom stereocenters. The van der Waals surface area contributed by atoms with Crippen molar-refractivity contribution in [1.29, 1.82) is 0 Å². The molecule has 1 aliphatic heterocycles. The zero-order valence-electron chi connectivity index (χ0n) is 14.4. The molecular formula is C18H27N5O. The maximum Gasteiger partial charge on any atom is 0.135 e. The summed E-state index contributed by atoms with van der Waals surface area (Å²) in [5.41, 5.74) is 15.4. The molecular weight excluding hydrogens is 302 g/mol. The lowest BCUT2D eigenvalue weighted by molar-refractivity contribution is 0.141. The van der Waals surface area contributed by atoms with Crippen LogP contribution in [-0.2, 0) is 0 Å². The average Bonchev–Trinajstić information content (AvgIpc) is 2.54. The van der Waals surface area contributed by atoms with E-state index in [4.69, 9.17) is 16.5 Å². The Morgan fingerprint density at radius 1 is 1.29 bits per heavy atom. The van der Waals surface area contributed by atoms with Crippen molar-refractivity contribution < 1.29 is 5.11 Å². The third-order valence-electron chi connectivity index (χ3n) is 4.75. The number of para-hydroxylation sites is 1. The predicted molar refractivity (Wildman–Crippen MR) is 97.6 cm³/mol. The molecule has 1 aliphatic rings. The Morgan fingerprint density at radius 3 is 2.62 bits per heavy atom. The van der Waals surface area contributed by atoms with Gasteiger partial charge in [0.25, 0.3) is 0 Å². The maximum absolute atomic E-state index is 9.68. The second-order valence-corrected chi connectivity index (χ2v) is 6.64. The molecule has 0 amide bonds. The van der Waals surface area contributed by atoms with Crippen LogP contribution in [0.2, 0.25) is 0 Å². The van der Waals surface area contributed by atoms with Crippen LogP contribution in [0.5, 0.6) is 0 Å². The van der Waals surface area contributed by atoms with E-state index in [-0.39, 0.29) is 6.04 Å². The fourth-order valence-electron chi connectivity index (χ4n) is 3.44. The Balaban J connectivity index is 2.10. The van der Waals surface area contributed by atoms with Crippen LogP contribution >= 0.6 is 0 Å². The molecule has 2 atom stereocenters. The molecule has 6 N–H and O–H groups in total. The second-order valence-electron chi connectivity index (χ2n) is 6.64. The first kappa shape index (κ1) is 17.1. The van der Waals surface area contributed by atoms with Crippen LogP contribution in [0, 0.1) is 6.92 Å². The number of nitrogens with two attached hydrogens (primary N) is 2. The lowest BCUT2D eigenvalue weighted by Gasteiger charge is -2.34. The van der Waals surface area contributed by atoms with Crippen LogP contribution < -0.4 is 21.7 Å². The van der Waals surface area contributed by atoms with Crippen molar-refractivity contribution >= 4 is 16.7 Å². The molecule has 2 heterocycles. The number of aliphatic hydroxyl groups excluding tert-OH is 1. The number of hydrogen-bond donors (Lipinski definition) is 4. The standard InChI is InChI=1S/C18H27N5O/c1-11-14-5-3-4-6-15(14)22-18(16(11)17(20)21-12(2)24)23-9-7-13(19)8-10-23/h3-6,12-13,17,21,24H,7-10,19-20H2,1-2H3. The Bertz CT molecular complexity index is 710. The van der Waals surface area contributed by atoms with Crippen molar-refractivity contribution in [1.82, 2.24) is 10.3 Å². The van der Waals surface area contributed by atoms with Crippen LogP contribution in [0.4, 0.5) is 5.82 Å². The maximum atomic E-state index is 9.68. The van der Waals surface area contributed by atoms with Crippen molar-refractivity contribution in [2.75, 3.05) is 18.0 Å². The van der Waals surface area contributed by atoms with E-state index in [0.29, 0.717) is 0 Å². The molecule has 0 radical (unpaired) electrons. The molecule has 0 bridgehead atoms. The highest BCUT2D eigenvalue weighted by Gasteiger charge is 2.25. The average molecular weight is 329 g/mol. The molecule has 6 heteroatoms. The third-order valence-corrected chi connectivity index (χ3v) is 4.75. The Morgan fingerprint density at radius 2 is 1.96 bits per heavy atom. The third kappa shape index (κ3) is 3.37. The number of anilines is 1. The van der Waals surface area contributed by atoms with Crippen LogP contribution in [0.15, 0.2) is 24.3 Å². The molecule has 2 aromatic rings. The van der Waals surface area contributed by atoms with Gasteiger partial charge in [0.15, 0.2) is 0 Å². The normalized spacial score (nSPS) is 18.8. The number of nitrogens with one attached hydrogen (secondary N) is 1. The molecule has 24 heavy (non-hydrogen) atoms. The van der Waals surface area contributed by atoms with Crippen LogP contribution in [0.3, 0.4) is 0 Å². The highest BCUT2D eigenvalue weighted by molar-refractivity contribution is 5.86. The van der Waals surface area contributed by atoms with Gasteiger partial charge in [0.05, 0.1) is 11.7 Å².